The van der Waals surface area contributed by atoms with E-state index in [-0.39, 0.29) is 11.9 Å². The Labute approximate surface area is 152 Å². The van der Waals surface area contributed by atoms with Crippen LogP contribution >= 0.6 is 11.6 Å². The van der Waals surface area contributed by atoms with Crippen LogP contribution in [-0.2, 0) is 13.1 Å². The van der Waals surface area contributed by atoms with Crippen molar-refractivity contribution >= 4 is 11.6 Å². The summed E-state index contributed by atoms with van der Waals surface area (Å²) < 4.78 is 15.7. The first-order valence-electron chi connectivity index (χ1n) is 8.60. The van der Waals surface area contributed by atoms with E-state index in [4.69, 9.17) is 11.6 Å². The third-order valence-electron chi connectivity index (χ3n) is 4.84. The van der Waals surface area contributed by atoms with Gasteiger partial charge in [0.25, 0.3) is 0 Å². The first-order chi connectivity index (χ1) is 12.2. The molecule has 0 saturated heterocycles. The average Bonchev–Trinajstić information content (AvgIpc) is 3.00. The second-order valence-electron chi connectivity index (χ2n) is 6.53. The molecule has 0 radical (unpaired) electrons. The lowest BCUT2D eigenvalue weighted by Crippen LogP contribution is -2.29. The summed E-state index contributed by atoms with van der Waals surface area (Å²) in [4.78, 5) is 2.47. The Balaban J connectivity index is 1.72. The number of hydrogen-bond acceptors (Lipinski definition) is 1. The number of benzene rings is 2. The maximum Gasteiger partial charge on any atom is 0.123 e. The fourth-order valence-electron chi connectivity index (χ4n) is 3.66. The summed E-state index contributed by atoms with van der Waals surface area (Å²) in [5.74, 6) is -0.197. The molecule has 128 valence electrons. The monoisotopic (exact) mass is 354 g/mol. The van der Waals surface area contributed by atoms with E-state index in [2.05, 4.69) is 39.9 Å². The number of halogens is 2. The minimum absolute atomic E-state index is 0.119. The van der Waals surface area contributed by atoms with E-state index < -0.39 is 0 Å². The van der Waals surface area contributed by atoms with E-state index >= 15 is 0 Å². The molecule has 25 heavy (non-hydrogen) atoms. The van der Waals surface area contributed by atoms with Gasteiger partial charge in [0.15, 0.2) is 0 Å². The number of fused-ring (bicyclic) bond motifs is 1. The van der Waals surface area contributed by atoms with Crippen molar-refractivity contribution in [2.24, 2.45) is 0 Å². The number of hydrogen-bond donors (Lipinski definition) is 0. The molecular weight excluding hydrogens is 335 g/mol. The minimum Gasteiger partial charge on any atom is -0.350 e. The molecule has 1 atom stereocenters. The standard InChI is InChI=1S/C21H20ClFN2/c22-18-8-4-16(5-9-18)15-25-14-2-13-24-12-1-3-20(24)21(25)17-6-10-19(23)11-7-17/h1,3-12,21H,2,13-15H2. The number of aryl methyl sites for hydroxylation is 1. The van der Waals surface area contributed by atoms with Crippen LogP contribution in [0.5, 0.6) is 0 Å². The molecule has 0 bridgehead atoms. The van der Waals surface area contributed by atoms with Gasteiger partial charge in [-0.2, -0.15) is 0 Å². The SMILES string of the molecule is Fc1ccc(C2c3cccn3CCCN2Cc2ccc(Cl)cc2)cc1. The molecule has 4 heteroatoms. The van der Waals surface area contributed by atoms with Crippen LogP contribution in [0.15, 0.2) is 66.9 Å². The van der Waals surface area contributed by atoms with E-state index in [1.54, 1.807) is 12.1 Å². The summed E-state index contributed by atoms with van der Waals surface area (Å²) in [6.45, 7) is 2.84. The Morgan fingerprint density at radius 3 is 2.48 bits per heavy atom. The van der Waals surface area contributed by atoms with Gasteiger partial charge in [0.05, 0.1) is 6.04 Å². The van der Waals surface area contributed by atoms with Crippen LogP contribution in [0.25, 0.3) is 0 Å². The Bertz CT molecular complexity index is 839. The molecule has 1 aliphatic heterocycles. The highest BCUT2D eigenvalue weighted by Crippen LogP contribution is 2.33. The first-order valence-corrected chi connectivity index (χ1v) is 8.97. The summed E-state index contributed by atoms with van der Waals surface area (Å²) in [6, 6.07) is 19.3. The van der Waals surface area contributed by atoms with Gasteiger partial charge in [-0.05, 0) is 53.9 Å². The van der Waals surface area contributed by atoms with Crippen LogP contribution in [0.1, 0.15) is 29.3 Å². The Kier molecular flexibility index (Phi) is 4.60. The molecule has 1 aliphatic rings. The number of nitrogens with zero attached hydrogens (tertiary/aromatic N) is 2. The second kappa shape index (κ2) is 7.03. The molecule has 0 spiro atoms. The summed E-state index contributed by atoms with van der Waals surface area (Å²) in [7, 11) is 0. The highest BCUT2D eigenvalue weighted by Gasteiger charge is 2.27. The van der Waals surface area contributed by atoms with Gasteiger partial charge >= 0.3 is 0 Å². The highest BCUT2D eigenvalue weighted by molar-refractivity contribution is 6.30. The fourth-order valence-corrected chi connectivity index (χ4v) is 3.79. The predicted molar refractivity (Wildman–Crippen MR) is 99.2 cm³/mol. The zero-order valence-electron chi connectivity index (χ0n) is 13.9. The van der Waals surface area contributed by atoms with Crippen molar-refractivity contribution in [1.82, 2.24) is 9.47 Å². The summed E-state index contributed by atoms with van der Waals surface area (Å²) >= 11 is 6.02. The van der Waals surface area contributed by atoms with Crippen molar-refractivity contribution in [3.63, 3.8) is 0 Å². The third-order valence-corrected chi connectivity index (χ3v) is 5.09. The molecule has 0 amide bonds. The molecule has 1 unspecified atom stereocenters. The van der Waals surface area contributed by atoms with Crippen molar-refractivity contribution in [2.45, 2.75) is 25.6 Å². The molecule has 0 fully saturated rings. The number of aromatic nitrogens is 1. The van der Waals surface area contributed by atoms with E-state index in [1.165, 1.54) is 11.3 Å². The lowest BCUT2D eigenvalue weighted by Gasteiger charge is -2.30. The zero-order chi connectivity index (χ0) is 17.2. The predicted octanol–water partition coefficient (Wildman–Crippen LogP) is 5.28. The number of rotatable bonds is 3. The maximum absolute atomic E-state index is 13.4. The van der Waals surface area contributed by atoms with Crippen LogP contribution in [0.3, 0.4) is 0 Å². The van der Waals surface area contributed by atoms with Gasteiger partial charge in [0.2, 0.25) is 0 Å². The normalized spacial score (nSPS) is 17.9. The van der Waals surface area contributed by atoms with Gasteiger partial charge in [0, 0.05) is 36.5 Å². The lowest BCUT2D eigenvalue weighted by molar-refractivity contribution is 0.220. The van der Waals surface area contributed by atoms with Crippen LogP contribution in [-0.4, -0.2) is 16.0 Å². The molecule has 1 aromatic heterocycles. The van der Waals surface area contributed by atoms with Gasteiger partial charge in [0.1, 0.15) is 5.82 Å². The van der Waals surface area contributed by atoms with Crippen LogP contribution in [0.4, 0.5) is 4.39 Å². The Morgan fingerprint density at radius 1 is 0.960 bits per heavy atom. The van der Waals surface area contributed by atoms with Crippen molar-refractivity contribution in [3.05, 3.63) is 94.5 Å². The van der Waals surface area contributed by atoms with Gasteiger partial charge in [-0.1, -0.05) is 35.9 Å². The molecule has 2 aromatic carbocycles. The summed E-state index contributed by atoms with van der Waals surface area (Å²) in [5.41, 5.74) is 3.62. The molecular formula is C21H20ClFN2. The van der Waals surface area contributed by atoms with Crippen molar-refractivity contribution in [3.8, 4) is 0 Å². The topological polar surface area (TPSA) is 8.17 Å². The largest absolute Gasteiger partial charge is 0.350 e. The van der Waals surface area contributed by atoms with Crippen molar-refractivity contribution < 1.29 is 4.39 Å². The molecule has 2 nitrogen and oxygen atoms in total. The van der Waals surface area contributed by atoms with E-state index in [1.807, 2.05) is 24.3 Å². The highest BCUT2D eigenvalue weighted by atomic mass is 35.5. The molecule has 0 saturated carbocycles. The van der Waals surface area contributed by atoms with E-state index in [0.717, 1.165) is 36.6 Å². The third kappa shape index (κ3) is 3.48. The van der Waals surface area contributed by atoms with Crippen LogP contribution in [0, 0.1) is 5.82 Å². The molecule has 0 N–H and O–H groups in total. The van der Waals surface area contributed by atoms with Gasteiger partial charge < -0.3 is 4.57 Å². The smallest absolute Gasteiger partial charge is 0.123 e. The Morgan fingerprint density at radius 2 is 1.72 bits per heavy atom. The van der Waals surface area contributed by atoms with Crippen LogP contribution < -0.4 is 0 Å². The van der Waals surface area contributed by atoms with Gasteiger partial charge in [-0.25, -0.2) is 4.39 Å². The molecule has 2 heterocycles. The van der Waals surface area contributed by atoms with Crippen molar-refractivity contribution in [1.29, 1.82) is 0 Å². The second-order valence-corrected chi connectivity index (χ2v) is 6.97. The summed E-state index contributed by atoms with van der Waals surface area (Å²) in [5, 5.41) is 0.753. The quantitative estimate of drug-likeness (QED) is 0.621. The fraction of sp³-hybridized carbons (Fsp3) is 0.238. The average molecular weight is 355 g/mol. The zero-order valence-corrected chi connectivity index (χ0v) is 14.7. The van der Waals surface area contributed by atoms with Crippen molar-refractivity contribution in [2.75, 3.05) is 6.54 Å². The molecule has 0 aliphatic carbocycles. The van der Waals surface area contributed by atoms with Gasteiger partial charge in [-0.3, -0.25) is 4.90 Å². The van der Waals surface area contributed by atoms with Crippen LogP contribution in [0.2, 0.25) is 5.02 Å². The van der Waals surface area contributed by atoms with E-state index in [0.29, 0.717) is 0 Å². The van der Waals surface area contributed by atoms with E-state index in [9.17, 15) is 4.39 Å². The Hall–Kier alpha value is -2.10. The minimum atomic E-state index is -0.197. The first kappa shape index (κ1) is 16.4. The lowest BCUT2D eigenvalue weighted by atomic mass is 10.0. The summed E-state index contributed by atoms with van der Waals surface area (Å²) in [6.07, 6.45) is 3.23. The van der Waals surface area contributed by atoms with Gasteiger partial charge in [-0.15, -0.1) is 0 Å². The molecule has 4 rings (SSSR count). The maximum atomic E-state index is 13.4. The molecule has 3 aromatic rings.